The Labute approximate surface area is 57.9 Å². The summed E-state index contributed by atoms with van der Waals surface area (Å²) in [7, 11) is 0. The lowest BCUT2D eigenvalue weighted by molar-refractivity contribution is 0.712. The maximum absolute atomic E-state index is 5.76. The standard InChI is InChI=1S/C6H8N2S/c7-5-1-2-6-4(5)3-9-8-6/h3,5H,1-2,7H2. The smallest absolute Gasteiger partial charge is 0.0590 e. The van der Waals surface area contributed by atoms with E-state index in [0.29, 0.717) is 0 Å². The fourth-order valence-electron chi connectivity index (χ4n) is 1.21. The van der Waals surface area contributed by atoms with Crippen LogP contribution in [-0.4, -0.2) is 4.37 Å². The second kappa shape index (κ2) is 1.78. The van der Waals surface area contributed by atoms with Gasteiger partial charge in [0.1, 0.15) is 0 Å². The first-order valence-electron chi connectivity index (χ1n) is 3.06. The lowest BCUT2D eigenvalue weighted by Gasteiger charge is -1.96. The molecule has 1 aliphatic carbocycles. The third kappa shape index (κ3) is 0.686. The molecule has 1 unspecified atom stereocenters. The van der Waals surface area contributed by atoms with Gasteiger partial charge in [-0.05, 0) is 24.4 Å². The summed E-state index contributed by atoms with van der Waals surface area (Å²) in [5, 5.41) is 2.06. The van der Waals surface area contributed by atoms with E-state index in [-0.39, 0.29) is 6.04 Å². The molecule has 2 nitrogen and oxygen atoms in total. The van der Waals surface area contributed by atoms with Crippen molar-refractivity contribution < 1.29 is 0 Å². The molecule has 9 heavy (non-hydrogen) atoms. The molecule has 1 heterocycles. The summed E-state index contributed by atoms with van der Waals surface area (Å²) in [5.41, 5.74) is 8.26. The van der Waals surface area contributed by atoms with Crippen molar-refractivity contribution in [3.05, 3.63) is 16.6 Å². The summed E-state index contributed by atoms with van der Waals surface area (Å²) < 4.78 is 4.21. The molecule has 0 spiro atoms. The van der Waals surface area contributed by atoms with Gasteiger partial charge < -0.3 is 5.73 Å². The van der Waals surface area contributed by atoms with E-state index in [1.807, 2.05) is 0 Å². The predicted molar refractivity (Wildman–Crippen MR) is 37.4 cm³/mol. The van der Waals surface area contributed by atoms with E-state index < -0.39 is 0 Å². The molecule has 0 bridgehead atoms. The van der Waals surface area contributed by atoms with Crippen molar-refractivity contribution in [2.24, 2.45) is 5.73 Å². The molecule has 1 atom stereocenters. The van der Waals surface area contributed by atoms with E-state index in [2.05, 4.69) is 9.75 Å². The molecular formula is C6H8N2S. The minimum absolute atomic E-state index is 0.277. The van der Waals surface area contributed by atoms with E-state index in [1.54, 1.807) is 0 Å². The van der Waals surface area contributed by atoms with Crippen LogP contribution in [0.2, 0.25) is 0 Å². The number of rotatable bonds is 0. The molecular weight excluding hydrogens is 132 g/mol. The predicted octanol–water partition coefficient (Wildman–Crippen LogP) is 1.09. The quantitative estimate of drug-likeness (QED) is 0.586. The highest BCUT2D eigenvalue weighted by molar-refractivity contribution is 7.03. The van der Waals surface area contributed by atoms with Crippen LogP contribution in [0, 0.1) is 0 Å². The lowest BCUT2D eigenvalue weighted by Crippen LogP contribution is -2.03. The van der Waals surface area contributed by atoms with Gasteiger partial charge in [-0.2, -0.15) is 4.37 Å². The Morgan fingerprint density at radius 3 is 3.44 bits per heavy atom. The number of nitrogens with zero attached hydrogens (tertiary/aromatic N) is 1. The zero-order chi connectivity index (χ0) is 6.27. The topological polar surface area (TPSA) is 38.9 Å². The first-order chi connectivity index (χ1) is 4.38. The molecule has 0 fully saturated rings. The molecule has 2 rings (SSSR count). The minimum atomic E-state index is 0.277. The summed E-state index contributed by atoms with van der Waals surface area (Å²) in [5.74, 6) is 0. The van der Waals surface area contributed by atoms with Gasteiger partial charge in [-0.15, -0.1) is 0 Å². The van der Waals surface area contributed by atoms with Crippen molar-refractivity contribution in [3.63, 3.8) is 0 Å². The Hall–Kier alpha value is -0.410. The number of hydrogen-bond donors (Lipinski definition) is 1. The Bertz CT molecular complexity index is 219. The Kier molecular flexibility index (Phi) is 1.07. The summed E-state index contributed by atoms with van der Waals surface area (Å²) in [6.45, 7) is 0. The van der Waals surface area contributed by atoms with E-state index in [4.69, 9.17) is 5.73 Å². The summed E-state index contributed by atoms with van der Waals surface area (Å²) in [6.07, 6.45) is 2.17. The van der Waals surface area contributed by atoms with Crippen LogP contribution in [0.25, 0.3) is 0 Å². The van der Waals surface area contributed by atoms with Gasteiger partial charge in [0.25, 0.3) is 0 Å². The number of fused-ring (bicyclic) bond motifs is 1. The van der Waals surface area contributed by atoms with E-state index in [0.717, 1.165) is 12.8 Å². The number of aromatic nitrogens is 1. The van der Waals surface area contributed by atoms with Gasteiger partial charge in [-0.3, -0.25) is 0 Å². The largest absolute Gasteiger partial charge is 0.324 e. The summed E-state index contributed by atoms with van der Waals surface area (Å²) in [6, 6.07) is 0.277. The number of hydrogen-bond acceptors (Lipinski definition) is 3. The third-order valence-electron chi connectivity index (χ3n) is 1.77. The molecule has 0 aromatic carbocycles. The molecule has 0 aliphatic heterocycles. The molecule has 0 saturated carbocycles. The SMILES string of the molecule is NC1CCc2nscc21. The van der Waals surface area contributed by atoms with Crippen LogP contribution in [0.3, 0.4) is 0 Å². The maximum Gasteiger partial charge on any atom is 0.0590 e. The molecule has 0 amide bonds. The van der Waals surface area contributed by atoms with Crippen molar-refractivity contribution in [2.75, 3.05) is 0 Å². The van der Waals surface area contributed by atoms with E-state index >= 15 is 0 Å². The molecule has 1 aromatic rings. The molecule has 1 aliphatic rings. The van der Waals surface area contributed by atoms with E-state index in [9.17, 15) is 0 Å². The average molecular weight is 140 g/mol. The monoisotopic (exact) mass is 140 g/mol. The second-order valence-corrected chi connectivity index (χ2v) is 2.99. The normalized spacial score (nSPS) is 24.3. The molecule has 1 aromatic heterocycles. The van der Waals surface area contributed by atoms with Gasteiger partial charge in [0.2, 0.25) is 0 Å². The zero-order valence-corrected chi connectivity index (χ0v) is 5.82. The zero-order valence-electron chi connectivity index (χ0n) is 5.00. The first-order valence-corrected chi connectivity index (χ1v) is 3.90. The van der Waals surface area contributed by atoms with Gasteiger partial charge in [-0.1, -0.05) is 0 Å². The Morgan fingerprint density at radius 1 is 1.78 bits per heavy atom. The van der Waals surface area contributed by atoms with Crippen LogP contribution in [0.1, 0.15) is 23.7 Å². The fraction of sp³-hybridized carbons (Fsp3) is 0.500. The van der Waals surface area contributed by atoms with Crippen LogP contribution >= 0.6 is 11.5 Å². The Balaban J connectivity index is 2.49. The van der Waals surface area contributed by atoms with Crippen molar-refractivity contribution in [2.45, 2.75) is 18.9 Å². The number of nitrogens with two attached hydrogens (primary N) is 1. The van der Waals surface area contributed by atoms with Crippen molar-refractivity contribution in [3.8, 4) is 0 Å². The van der Waals surface area contributed by atoms with Gasteiger partial charge in [0, 0.05) is 17.0 Å². The van der Waals surface area contributed by atoms with Crippen LogP contribution < -0.4 is 5.73 Å². The average Bonchev–Trinajstić information content (AvgIpc) is 2.35. The highest BCUT2D eigenvalue weighted by atomic mass is 32.1. The molecule has 0 saturated heterocycles. The van der Waals surface area contributed by atoms with Crippen LogP contribution in [0.15, 0.2) is 5.38 Å². The molecule has 48 valence electrons. The molecule has 3 heteroatoms. The van der Waals surface area contributed by atoms with Crippen molar-refractivity contribution in [1.29, 1.82) is 0 Å². The third-order valence-corrected chi connectivity index (χ3v) is 2.45. The Morgan fingerprint density at radius 2 is 2.67 bits per heavy atom. The van der Waals surface area contributed by atoms with Gasteiger partial charge in [0.05, 0.1) is 5.69 Å². The van der Waals surface area contributed by atoms with E-state index in [1.165, 1.54) is 22.8 Å². The number of aryl methyl sites for hydroxylation is 1. The highest BCUT2D eigenvalue weighted by Gasteiger charge is 2.20. The van der Waals surface area contributed by atoms with Gasteiger partial charge >= 0.3 is 0 Å². The highest BCUT2D eigenvalue weighted by Crippen LogP contribution is 2.28. The first kappa shape index (κ1) is 5.38. The fourth-order valence-corrected chi connectivity index (χ4v) is 2.01. The lowest BCUT2D eigenvalue weighted by atomic mass is 10.2. The molecule has 2 N–H and O–H groups in total. The van der Waals surface area contributed by atoms with Gasteiger partial charge in [0.15, 0.2) is 0 Å². The van der Waals surface area contributed by atoms with Crippen LogP contribution in [-0.2, 0) is 6.42 Å². The summed E-state index contributed by atoms with van der Waals surface area (Å²) >= 11 is 1.52. The van der Waals surface area contributed by atoms with Crippen molar-refractivity contribution >= 4 is 11.5 Å². The molecule has 0 radical (unpaired) electrons. The van der Waals surface area contributed by atoms with Gasteiger partial charge in [-0.25, -0.2) is 0 Å². The van der Waals surface area contributed by atoms with Crippen molar-refractivity contribution in [1.82, 2.24) is 4.37 Å². The second-order valence-electron chi connectivity index (χ2n) is 2.36. The van der Waals surface area contributed by atoms with Crippen LogP contribution in [0.4, 0.5) is 0 Å². The van der Waals surface area contributed by atoms with Crippen LogP contribution in [0.5, 0.6) is 0 Å². The minimum Gasteiger partial charge on any atom is -0.324 e. The summed E-state index contributed by atoms with van der Waals surface area (Å²) in [4.78, 5) is 0. The maximum atomic E-state index is 5.76.